The lowest BCUT2D eigenvalue weighted by molar-refractivity contribution is 0.102. The smallest absolute Gasteiger partial charge is 0.256 e. The van der Waals surface area contributed by atoms with Crippen molar-refractivity contribution in [3.05, 3.63) is 82.8 Å². The van der Waals surface area contributed by atoms with Gasteiger partial charge in [-0.1, -0.05) is 29.8 Å². The topological polar surface area (TPSA) is 46.9 Å². The molecule has 1 amide bonds. The van der Waals surface area contributed by atoms with Crippen LogP contribution in [0, 0.1) is 5.82 Å². The van der Waals surface area contributed by atoms with Gasteiger partial charge in [0.15, 0.2) is 5.82 Å². The van der Waals surface area contributed by atoms with Crippen molar-refractivity contribution in [1.29, 1.82) is 0 Å². The van der Waals surface area contributed by atoms with Crippen LogP contribution in [0.15, 0.2) is 60.8 Å². The Labute approximate surface area is 137 Å². The van der Waals surface area contributed by atoms with Gasteiger partial charge in [0.2, 0.25) is 0 Å². The summed E-state index contributed by atoms with van der Waals surface area (Å²) < 4.78 is 15.2. The van der Waals surface area contributed by atoms with Gasteiger partial charge in [-0.15, -0.1) is 0 Å². The maximum atomic E-state index is 13.6. The van der Waals surface area contributed by atoms with Crippen molar-refractivity contribution in [2.75, 3.05) is 5.32 Å². The van der Waals surface area contributed by atoms with Gasteiger partial charge in [0.25, 0.3) is 5.91 Å². The number of rotatable bonds is 4. The Hall–Kier alpha value is -2.66. The number of hydrogen-bond acceptors (Lipinski definition) is 2. The largest absolute Gasteiger partial charge is 0.305 e. The molecule has 0 atom stereocenters. The number of aromatic nitrogens is 2. The van der Waals surface area contributed by atoms with E-state index in [1.807, 2.05) is 0 Å². The number of amides is 1. The summed E-state index contributed by atoms with van der Waals surface area (Å²) in [5, 5.41) is 7.48. The SMILES string of the molecule is O=C(Nc1ccn(Cc2ccccc2F)n1)c1ccc(Cl)cc1. The predicted octanol–water partition coefficient (Wildman–Crippen LogP) is 3.98. The molecular formula is C17H13ClFN3O. The molecule has 116 valence electrons. The molecular weight excluding hydrogens is 317 g/mol. The minimum Gasteiger partial charge on any atom is -0.305 e. The van der Waals surface area contributed by atoms with Crippen LogP contribution in [0.4, 0.5) is 10.2 Å². The molecule has 0 saturated heterocycles. The van der Waals surface area contributed by atoms with E-state index in [0.717, 1.165) is 0 Å². The standard InChI is InChI=1S/C17H13ClFN3O/c18-14-7-5-12(6-8-14)17(23)20-16-9-10-22(21-16)11-13-3-1-2-4-15(13)19/h1-10H,11H2,(H,20,21,23). The summed E-state index contributed by atoms with van der Waals surface area (Å²) in [7, 11) is 0. The van der Waals surface area contributed by atoms with Crippen molar-refractivity contribution in [2.45, 2.75) is 6.54 Å². The fraction of sp³-hybridized carbons (Fsp3) is 0.0588. The predicted molar refractivity (Wildman–Crippen MR) is 87.1 cm³/mol. The van der Waals surface area contributed by atoms with Crippen LogP contribution in [0.3, 0.4) is 0 Å². The number of carbonyl (C=O) groups excluding carboxylic acids is 1. The molecule has 6 heteroatoms. The van der Waals surface area contributed by atoms with Gasteiger partial charge >= 0.3 is 0 Å². The molecule has 1 aromatic heterocycles. The van der Waals surface area contributed by atoms with Crippen LogP contribution in [0.5, 0.6) is 0 Å². The Bertz CT molecular complexity index is 830. The second-order valence-electron chi connectivity index (χ2n) is 4.95. The Kier molecular flexibility index (Phi) is 4.39. The molecule has 23 heavy (non-hydrogen) atoms. The maximum Gasteiger partial charge on any atom is 0.256 e. The first-order chi connectivity index (χ1) is 11.1. The van der Waals surface area contributed by atoms with E-state index in [9.17, 15) is 9.18 Å². The Morgan fingerprint density at radius 2 is 1.87 bits per heavy atom. The number of nitrogens with one attached hydrogen (secondary N) is 1. The van der Waals surface area contributed by atoms with Gasteiger partial charge in [0.1, 0.15) is 5.82 Å². The van der Waals surface area contributed by atoms with Crippen LogP contribution in [-0.4, -0.2) is 15.7 Å². The van der Waals surface area contributed by atoms with Gasteiger partial charge in [-0.25, -0.2) is 4.39 Å². The fourth-order valence-corrected chi connectivity index (χ4v) is 2.23. The zero-order valence-corrected chi connectivity index (χ0v) is 12.8. The molecule has 1 N–H and O–H groups in total. The third-order valence-electron chi connectivity index (χ3n) is 3.28. The summed E-state index contributed by atoms with van der Waals surface area (Å²) in [6, 6.07) is 14.7. The highest BCUT2D eigenvalue weighted by molar-refractivity contribution is 6.30. The number of carbonyl (C=O) groups is 1. The lowest BCUT2D eigenvalue weighted by Crippen LogP contribution is -2.12. The summed E-state index contributed by atoms with van der Waals surface area (Å²) in [4.78, 5) is 12.1. The molecule has 0 saturated carbocycles. The van der Waals surface area contributed by atoms with Crippen LogP contribution in [0.25, 0.3) is 0 Å². The molecule has 0 aliphatic heterocycles. The van der Waals surface area contributed by atoms with E-state index in [4.69, 9.17) is 11.6 Å². The normalized spacial score (nSPS) is 10.5. The molecule has 0 radical (unpaired) electrons. The van der Waals surface area contributed by atoms with E-state index in [1.165, 1.54) is 6.07 Å². The fourth-order valence-electron chi connectivity index (χ4n) is 2.11. The van der Waals surface area contributed by atoms with Crippen LogP contribution >= 0.6 is 11.6 Å². The number of hydrogen-bond donors (Lipinski definition) is 1. The van der Waals surface area contributed by atoms with Crippen molar-refractivity contribution < 1.29 is 9.18 Å². The van der Waals surface area contributed by atoms with Gasteiger partial charge in [0, 0.05) is 28.4 Å². The van der Waals surface area contributed by atoms with E-state index in [0.29, 0.717) is 28.5 Å². The number of halogens is 2. The second kappa shape index (κ2) is 6.62. The Balaban J connectivity index is 1.68. The minimum absolute atomic E-state index is 0.280. The molecule has 0 aliphatic rings. The molecule has 1 heterocycles. The van der Waals surface area contributed by atoms with Crippen molar-refractivity contribution in [3.8, 4) is 0 Å². The summed E-state index contributed by atoms with van der Waals surface area (Å²) in [5.41, 5.74) is 1.02. The lowest BCUT2D eigenvalue weighted by Gasteiger charge is -2.04. The quantitative estimate of drug-likeness (QED) is 0.787. The number of benzene rings is 2. The Morgan fingerprint density at radius 1 is 1.13 bits per heavy atom. The van der Waals surface area contributed by atoms with Crippen molar-refractivity contribution in [2.24, 2.45) is 0 Å². The van der Waals surface area contributed by atoms with Crippen LogP contribution in [0.1, 0.15) is 15.9 Å². The minimum atomic E-state index is -0.283. The first kappa shape index (κ1) is 15.2. The van der Waals surface area contributed by atoms with E-state index in [2.05, 4.69) is 10.4 Å². The summed E-state index contributed by atoms with van der Waals surface area (Å²) in [6.07, 6.45) is 1.68. The maximum absolute atomic E-state index is 13.6. The van der Waals surface area contributed by atoms with Gasteiger partial charge in [-0.2, -0.15) is 5.10 Å². The first-order valence-corrected chi connectivity index (χ1v) is 7.33. The molecule has 4 nitrogen and oxygen atoms in total. The molecule has 2 aromatic carbocycles. The van der Waals surface area contributed by atoms with Crippen LogP contribution < -0.4 is 5.32 Å². The van der Waals surface area contributed by atoms with Gasteiger partial charge in [-0.05, 0) is 30.3 Å². The van der Waals surface area contributed by atoms with E-state index >= 15 is 0 Å². The Morgan fingerprint density at radius 3 is 2.61 bits per heavy atom. The van der Waals surface area contributed by atoms with Crippen molar-refractivity contribution in [1.82, 2.24) is 9.78 Å². The molecule has 3 aromatic rings. The van der Waals surface area contributed by atoms with Crippen molar-refractivity contribution >= 4 is 23.3 Å². The van der Waals surface area contributed by atoms with Crippen LogP contribution in [-0.2, 0) is 6.54 Å². The van der Waals surface area contributed by atoms with E-state index in [-0.39, 0.29) is 11.7 Å². The first-order valence-electron chi connectivity index (χ1n) is 6.95. The third-order valence-corrected chi connectivity index (χ3v) is 3.53. The van der Waals surface area contributed by atoms with Crippen molar-refractivity contribution in [3.63, 3.8) is 0 Å². The lowest BCUT2D eigenvalue weighted by atomic mass is 10.2. The highest BCUT2D eigenvalue weighted by Gasteiger charge is 2.09. The van der Waals surface area contributed by atoms with Gasteiger partial charge < -0.3 is 5.32 Å². The average molecular weight is 330 g/mol. The van der Waals surface area contributed by atoms with E-state index in [1.54, 1.807) is 59.4 Å². The summed E-state index contributed by atoms with van der Waals surface area (Å²) >= 11 is 5.79. The second-order valence-corrected chi connectivity index (χ2v) is 5.39. The monoisotopic (exact) mass is 329 g/mol. The molecule has 0 unspecified atom stereocenters. The highest BCUT2D eigenvalue weighted by Crippen LogP contribution is 2.13. The highest BCUT2D eigenvalue weighted by atomic mass is 35.5. The zero-order chi connectivity index (χ0) is 16.2. The van der Waals surface area contributed by atoms with E-state index < -0.39 is 0 Å². The molecule has 3 rings (SSSR count). The third kappa shape index (κ3) is 3.76. The summed E-state index contributed by atoms with van der Waals surface area (Å²) in [6.45, 7) is 0.295. The molecule has 0 fully saturated rings. The average Bonchev–Trinajstić information content (AvgIpc) is 2.97. The molecule has 0 spiro atoms. The number of anilines is 1. The molecule has 0 bridgehead atoms. The summed E-state index contributed by atoms with van der Waals surface area (Å²) in [5.74, 6) is -0.158. The zero-order valence-electron chi connectivity index (χ0n) is 12.0. The number of nitrogens with zero attached hydrogens (tertiary/aromatic N) is 2. The van der Waals surface area contributed by atoms with Crippen LogP contribution in [0.2, 0.25) is 5.02 Å². The van der Waals surface area contributed by atoms with Gasteiger partial charge in [0.05, 0.1) is 6.54 Å². The molecule has 0 aliphatic carbocycles. The van der Waals surface area contributed by atoms with Gasteiger partial charge in [-0.3, -0.25) is 9.48 Å².